The average Bonchev–Trinajstić information content (AvgIpc) is 3.08. The van der Waals surface area contributed by atoms with Crippen LogP contribution >= 0.6 is 11.3 Å². The molecule has 0 radical (unpaired) electrons. The Bertz CT molecular complexity index is 1120. The minimum Gasteiger partial charge on any atom is -0.493 e. The summed E-state index contributed by atoms with van der Waals surface area (Å²) >= 11 is 1.29. The number of thiophene rings is 1. The predicted octanol–water partition coefficient (Wildman–Crippen LogP) is 6.06. The molecule has 5 nitrogen and oxygen atoms in total. The van der Waals surface area contributed by atoms with Crippen molar-refractivity contribution >= 4 is 28.2 Å². The van der Waals surface area contributed by atoms with Crippen LogP contribution in [0, 0.1) is 26.6 Å². The maximum Gasteiger partial charge on any atom is 0.341 e. The second-order valence-electron chi connectivity index (χ2n) is 7.50. The average molecular weight is 456 g/mol. The SMILES string of the molecule is COC(=O)c1c(NC(=O)CCCOc2ccc(C)cc2C)sc(C)c1-c1ccc(F)cc1. The third-order valence-corrected chi connectivity index (χ3v) is 6.02. The van der Waals surface area contributed by atoms with Gasteiger partial charge in [0.25, 0.3) is 0 Å². The number of rotatable bonds is 8. The second-order valence-corrected chi connectivity index (χ2v) is 8.73. The lowest BCUT2D eigenvalue weighted by Crippen LogP contribution is -2.15. The zero-order valence-electron chi connectivity index (χ0n) is 18.6. The van der Waals surface area contributed by atoms with Gasteiger partial charge in [0, 0.05) is 16.9 Å². The molecule has 32 heavy (non-hydrogen) atoms. The van der Waals surface area contributed by atoms with Crippen LogP contribution in [0.5, 0.6) is 5.75 Å². The summed E-state index contributed by atoms with van der Waals surface area (Å²) in [6.07, 6.45) is 0.774. The Hall–Kier alpha value is -3.19. The van der Waals surface area contributed by atoms with E-state index in [1.54, 1.807) is 12.1 Å². The molecule has 1 amide bonds. The van der Waals surface area contributed by atoms with Gasteiger partial charge in [0.1, 0.15) is 22.1 Å². The second kappa shape index (κ2) is 10.4. The highest BCUT2D eigenvalue weighted by Gasteiger charge is 2.25. The number of amides is 1. The largest absolute Gasteiger partial charge is 0.493 e. The van der Waals surface area contributed by atoms with Gasteiger partial charge in [-0.05, 0) is 56.5 Å². The molecule has 1 N–H and O–H groups in total. The van der Waals surface area contributed by atoms with Gasteiger partial charge >= 0.3 is 5.97 Å². The molecule has 0 fully saturated rings. The zero-order chi connectivity index (χ0) is 23.3. The normalized spacial score (nSPS) is 10.7. The summed E-state index contributed by atoms with van der Waals surface area (Å²) in [5, 5.41) is 3.26. The molecule has 0 aliphatic carbocycles. The number of methoxy groups -OCH3 is 1. The fourth-order valence-electron chi connectivity index (χ4n) is 3.46. The van der Waals surface area contributed by atoms with Gasteiger partial charge in [0.15, 0.2) is 0 Å². The molecule has 0 aliphatic rings. The van der Waals surface area contributed by atoms with E-state index in [1.807, 2.05) is 39.0 Å². The van der Waals surface area contributed by atoms with Crippen molar-refractivity contribution in [2.45, 2.75) is 33.6 Å². The van der Waals surface area contributed by atoms with Crippen molar-refractivity contribution in [3.05, 3.63) is 69.8 Å². The monoisotopic (exact) mass is 455 g/mol. The Labute approximate surface area is 191 Å². The van der Waals surface area contributed by atoms with Crippen LogP contribution < -0.4 is 10.1 Å². The smallest absolute Gasteiger partial charge is 0.341 e. The van der Waals surface area contributed by atoms with E-state index in [4.69, 9.17) is 9.47 Å². The maximum absolute atomic E-state index is 13.3. The minimum absolute atomic E-state index is 0.216. The molecule has 2 aromatic carbocycles. The fourth-order valence-corrected chi connectivity index (χ4v) is 4.54. The first-order valence-electron chi connectivity index (χ1n) is 10.3. The van der Waals surface area contributed by atoms with Crippen LogP contribution in [0.3, 0.4) is 0 Å². The van der Waals surface area contributed by atoms with E-state index in [9.17, 15) is 14.0 Å². The van der Waals surface area contributed by atoms with Crippen molar-refractivity contribution in [2.24, 2.45) is 0 Å². The first-order valence-corrected chi connectivity index (χ1v) is 11.1. The number of ether oxygens (including phenoxy) is 2. The number of carbonyl (C=O) groups excluding carboxylic acids is 2. The van der Waals surface area contributed by atoms with E-state index in [0.29, 0.717) is 29.2 Å². The Balaban J connectivity index is 1.68. The zero-order valence-corrected chi connectivity index (χ0v) is 19.4. The lowest BCUT2D eigenvalue weighted by Gasteiger charge is -2.10. The number of anilines is 1. The van der Waals surface area contributed by atoms with Gasteiger partial charge in [0.05, 0.1) is 13.7 Å². The van der Waals surface area contributed by atoms with Gasteiger partial charge < -0.3 is 14.8 Å². The summed E-state index contributed by atoms with van der Waals surface area (Å²) in [5.74, 6) is -0.326. The van der Waals surface area contributed by atoms with Crippen molar-refractivity contribution in [1.29, 1.82) is 0 Å². The van der Waals surface area contributed by atoms with Crippen LogP contribution in [0.1, 0.15) is 39.2 Å². The highest BCUT2D eigenvalue weighted by Crippen LogP contribution is 2.40. The maximum atomic E-state index is 13.3. The number of halogens is 1. The molecule has 0 bridgehead atoms. The Morgan fingerprint density at radius 3 is 2.44 bits per heavy atom. The molecular formula is C25H26FNO4S. The third-order valence-electron chi connectivity index (χ3n) is 5.00. The van der Waals surface area contributed by atoms with Crippen LogP contribution in [0.2, 0.25) is 0 Å². The molecule has 3 aromatic rings. The van der Waals surface area contributed by atoms with Gasteiger partial charge in [-0.1, -0.05) is 29.8 Å². The Morgan fingerprint density at radius 2 is 1.78 bits per heavy atom. The topological polar surface area (TPSA) is 64.6 Å². The summed E-state index contributed by atoms with van der Waals surface area (Å²) in [6, 6.07) is 11.8. The lowest BCUT2D eigenvalue weighted by atomic mass is 10.0. The molecule has 0 aliphatic heterocycles. The fraction of sp³-hybridized carbons (Fsp3) is 0.280. The van der Waals surface area contributed by atoms with Crippen LogP contribution in [0.4, 0.5) is 9.39 Å². The number of carbonyl (C=O) groups is 2. The molecule has 0 spiro atoms. The van der Waals surface area contributed by atoms with Gasteiger partial charge in [-0.2, -0.15) is 0 Å². The molecule has 0 atom stereocenters. The van der Waals surface area contributed by atoms with E-state index in [2.05, 4.69) is 5.32 Å². The van der Waals surface area contributed by atoms with Crippen LogP contribution in [0.25, 0.3) is 11.1 Å². The van der Waals surface area contributed by atoms with E-state index in [-0.39, 0.29) is 23.7 Å². The first-order chi connectivity index (χ1) is 15.3. The minimum atomic E-state index is -0.554. The molecular weight excluding hydrogens is 429 g/mol. The number of benzene rings is 2. The standard InChI is InChI=1S/C25H26FNO4S/c1-15-7-12-20(16(2)14-15)31-13-5-6-21(28)27-24-23(25(29)30-4)22(17(3)32-24)18-8-10-19(26)11-9-18/h7-12,14H,5-6,13H2,1-4H3,(H,27,28). The molecule has 168 valence electrons. The first kappa shape index (κ1) is 23.5. The van der Waals surface area contributed by atoms with Crippen molar-refractivity contribution in [3.63, 3.8) is 0 Å². The quantitative estimate of drug-likeness (QED) is 0.331. The highest BCUT2D eigenvalue weighted by molar-refractivity contribution is 7.17. The third kappa shape index (κ3) is 5.53. The molecule has 7 heteroatoms. The molecule has 1 aromatic heterocycles. The summed E-state index contributed by atoms with van der Waals surface area (Å²) in [4.78, 5) is 25.9. The number of esters is 1. The molecule has 0 saturated carbocycles. The van der Waals surface area contributed by atoms with Crippen LogP contribution in [0.15, 0.2) is 42.5 Å². The lowest BCUT2D eigenvalue weighted by molar-refractivity contribution is -0.116. The molecule has 1 heterocycles. The van der Waals surface area contributed by atoms with Gasteiger partial charge in [-0.3, -0.25) is 4.79 Å². The summed E-state index contributed by atoms with van der Waals surface area (Å²) in [5.41, 5.74) is 3.82. The predicted molar refractivity (Wildman–Crippen MR) is 125 cm³/mol. The summed E-state index contributed by atoms with van der Waals surface area (Å²) in [7, 11) is 1.29. The Morgan fingerprint density at radius 1 is 1.06 bits per heavy atom. The van der Waals surface area contributed by atoms with Gasteiger partial charge in [-0.25, -0.2) is 9.18 Å². The van der Waals surface area contributed by atoms with Gasteiger partial charge in [0.2, 0.25) is 5.91 Å². The highest BCUT2D eigenvalue weighted by atomic mass is 32.1. The molecule has 0 unspecified atom stereocenters. The van der Waals surface area contributed by atoms with E-state index < -0.39 is 5.97 Å². The number of hydrogen-bond donors (Lipinski definition) is 1. The Kier molecular flexibility index (Phi) is 7.64. The molecule has 0 saturated heterocycles. The van der Waals surface area contributed by atoms with Crippen LogP contribution in [-0.4, -0.2) is 25.6 Å². The van der Waals surface area contributed by atoms with E-state index >= 15 is 0 Å². The van der Waals surface area contributed by atoms with E-state index in [1.165, 1.54) is 36.1 Å². The number of nitrogens with one attached hydrogen (secondary N) is 1. The molecule has 3 rings (SSSR count). The van der Waals surface area contributed by atoms with Crippen LogP contribution in [-0.2, 0) is 9.53 Å². The summed E-state index contributed by atoms with van der Waals surface area (Å²) in [6.45, 7) is 6.27. The van der Waals surface area contributed by atoms with Gasteiger partial charge in [-0.15, -0.1) is 11.3 Å². The number of hydrogen-bond acceptors (Lipinski definition) is 5. The van der Waals surface area contributed by atoms with Crippen molar-refractivity contribution in [1.82, 2.24) is 0 Å². The van der Waals surface area contributed by atoms with E-state index in [0.717, 1.165) is 16.2 Å². The van der Waals surface area contributed by atoms with Crippen molar-refractivity contribution in [2.75, 3.05) is 19.0 Å². The van der Waals surface area contributed by atoms with Crippen molar-refractivity contribution < 1.29 is 23.5 Å². The number of aryl methyl sites for hydroxylation is 3. The van der Waals surface area contributed by atoms with Crippen molar-refractivity contribution in [3.8, 4) is 16.9 Å². The summed E-state index contributed by atoms with van der Waals surface area (Å²) < 4.78 is 24.1.